The zero-order valence-electron chi connectivity index (χ0n) is 11.6. The fraction of sp³-hybridized carbons (Fsp3) is 1.00. The summed E-state index contributed by atoms with van der Waals surface area (Å²) in [4.78, 5) is 0. The molecule has 2 aliphatic carbocycles. The summed E-state index contributed by atoms with van der Waals surface area (Å²) < 4.78 is 33.3. The zero-order chi connectivity index (χ0) is 13.1. The minimum Gasteiger partial charge on any atom is -0.378 e. The lowest BCUT2D eigenvalue weighted by molar-refractivity contribution is -0.0501. The first kappa shape index (κ1) is 14.2. The maximum absolute atomic E-state index is 13.9. The zero-order valence-corrected chi connectivity index (χ0v) is 11.6. The third-order valence-electron chi connectivity index (χ3n) is 4.80. The lowest BCUT2D eigenvalue weighted by Crippen LogP contribution is -2.39. The van der Waals surface area contributed by atoms with E-state index in [9.17, 15) is 8.78 Å². The summed E-state index contributed by atoms with van der Waals surface area (Å²) in [5.41, 5.74) is 0. The molecule has 3 heteroatoms. The Morgan fingerprint density at radius 2 is 1.56 bits per heavy atom. The van der Waals surface area contributed by atoms with Crippen molar-refractivity contribution in [3.8, 4) is 0 Å². The molecule has 0 aliphatic heterocycles. The Bertz CT molecular complexity index is 251. The van der Waals surface area contributed by atoms with Gasteiger partial charge in [-0.1, -0.05) is 13.8 Å². The Hall–Kier alpha value is -0.180. The molecule has 2 aliphatic rings. The molecule has 0 aromatic heterocycles. The van der Waals surface area contributed by atoms with Crippen LogP contribution in [0.4, 0.5) is 8.78 Å². The third-order valence-corrected chi connectivity index (χ3v) is 4.80. The number of alkyl halides is 2. The predicted octanol–water partition coefficient (Wildman–Crippen LogP) is 4.30. The Morgan fingerprint density at radius 3 is 2.22 bits per heavy atom. The van der Waals surface area contributed by atoms with Crippen molar-refractivity contribution in [3.05, 3.63) is 0 Å². The van der Waals surface area contributed by atoms with Crippen molar-refractivity contribution in [2.45, 2.75) is 70.8 Å². The lowest BCUT2D eigenvalue weighted by Gasteiger charge is -2.34. The van der Waals surface area contributed by atoms with Crippen LogP contribution in [0.1, 0.15) is 52.4 Å². The van der Waals surface area contributed by atoms with Gasteiger partial charge in [0.05, 0.1) is 12.7 Å². The van der Waals surface area contributed by atoms with E-state index in [4.69, 9.17) is 4.74 Å². The van der Waals surface area contributed by atoms with E-state index in [1.807, 2.05) is 0 Å². The van der Waals surface area contributed by atoms with Gasteiger partial charge in [-0.2, -0.15) is 0 Å². The van der Waals surface area contributed by atoms with Crippen molar-refractivity contribution in [1.29, 1.82) is 0 Å². The highest BCUT2D eigenvalue weighted by atomic mass is 19.2. The average Bonchev–Trinajstić information content (AvgIpc) is 2.37. The Labute approximate surface area is 109 Å². The van der Waals surface area contributed by atoms with Gasteiger partial charge in [-0.05, 0) is 50.4 Å². The van der Waals surface area contributed by atoms with Crippen molar-refractivity contribution in [1.82, 2.24) is 0 Å². The van der Waals surface area contributed by atoms with Gasteiger partial charge in [0.25, 0.3) is 0 Å². The molecule has 4 atom stereocenters. The molecule has 0 bridgehead atoms. The van der Waals surface area contributed by atoms with E-state index in [0.717, 1.165) is 31.6 Å². The maximum Gasteiger partial charge on any atom is 0.136 e. The molecule has 106 valence electrons. The van der Waals surface area contributed by atoms with Crippen LogP contribution >= 0.6 is 0 Å². The van der Waals surface area contributed by atoms with Gasteiger partial charge in [0.15, 0.2) is 0 Å². The van der Waals surface area contributed by atoms with Crippen LogP contribution in [0.25, 0.3) is 0 Å². The normalized spacial score (nSPS) is 46.0. The van der Waals surface area contributed by atoms with Gasteiger partial charge in [-0.15, -0.1) is 0 Å². The van der Waals surface area contributed by atoms with Crippen LogP contribution in [0, 0.1) is 17.8 Å². The second kappa shape index (κ2) is 6.31. The SMILES string of the molecule is CC1CCC(OCC2CCC(C)C(F)C2F)CC1. The van der Waals surface area contributed by atoms with E-state index in [1.54, 1.807) is 6.92 Å². The molecule has 2 saturated carbocycles. The van der Waals surface area contributed by atoms with E-state index in [1.165, 1.54) is 12.8 Å². The lowest BCUT2D eigenvalue weighted by atomic mass is 9.80. The van der Waals surface area contributed by atoms with Crippen LogP contribution < -0.4 is 0 Å². The van der Waals surface area contributed by atoms with Crippen molar-refractivity contribution >= 4 is 0 Å². The van der Waals surface area contributed by atoms with E-state index >= 15 is 0 Å². The van der Waals surface area contributed by atoms with Crippen molar-refractivity contribution < 1.29 is 13.5 Å². The van der Waals surface area contributed by atoms with Gasteiger partial charge in [-0.25, -0.2) is 8.78 Å². The topological polar surface area (TPSA) is 9.23 Å². The molecule has 2 fully saturated rings. The van der Waals surface area contributed by atoms with Gasteiger partial charge in [0, 0.05) is 5.92 Å². The number of halogens is 2. The van der Waals surface area contributed by atoms with Crippen LogP contribution in [0.15, 0.2) is 0 Å². The number of ether oxygens (including phenoxy) is 1. The van der Waals surface area contributed by atoms with Crippen LogP contribution in [-0.4, -0.2) is 25.1 Å². The van der Waals surface area contributed by atoms with Gasteiger partial charge >= 0.3 is 0 Å². The van der Waals surface area contributed by atoms with Gasteiger partial charge < -0.3 is 4.74 Å². The molecule has 4 unspecified atom stereocenters. The minimum atomic E-state index is -1.32. The summed E-state index contributed by atoms with van der Waals surface area (Å²) in [6.45, 7) is 4.48. The van der Waals surface area contributed by atoms with Crippen LogP contribution in [0.2, 0.25) is 0 Å². The molecular formula is C15H26F2O. The molecule has 0 spiro atoms. The van der Waals surface area contributed by atoms with Crippen molar-refractivity contribution in [2.75, 3.05) is 6.61 Å². The maximum atomic E-state index is 13.9. The van der Waals surface area contributed by atoms with E-state index in [-0.39, 0.29) is 17.9 Å². The quantitative estimate of drug-likeness (QED) is 0.735. The Balaban J connectivity index is 1.73. The second-order valence-corrected chi connectivity index (χ2v) is 6.42. The summed E-state index contributed by atoms with van der Waals surface area (Å²) in [7, 11) is 0. The fourth-order valence-corrected chi connectivity index (χ4v) is 3.20. The summed E-state index contributed by atoms with van der Waals surface area (Å²) in [5, 5.41) is 0. The molecule has 0 aromatic rings. The van der Waals surface area contributed by atoms with Crippen LogP contribution in [0.3, 0.4) is 0 Å². The highest BCUT2D eigenvalue weighted by Gasteiger charge is 2.38. The fourth-order valence-electron chi connectivity index (χ4n) is 3.20. The number of rotatable bonds is 3. The van der Waals surface area contributed by atoms with E-state index in [0.29, 0.717) is 6.61 Å². The monoisotopic (exact) mass is 260 g/mol. The molecule has 0 saturated heterocycles. The largest absolute Gasteiger partial charge is 0.378 e. The Morgan fingerprint density at radius 1 is 0.889 bits per heavy atom. The summed E-state index contributed by atoms with van der Waals surface area (Å²) >= 11 is 0. The summed E-state index contributed by atoms with van der Waals surface area (Å²) in [5.74, 6) is 0.437. The third kappa shape index (κ3) is 3.43. The highest BCUT2D eigenvalue weighted by molar-refractivity contribution is 4.86. The molecule has 0 radical (unpaired) electrons. The first-order valence-corrected chi connectivity index (χ1v) is 7.47. The first-order valence-electron chi connectivity index (χ1n) is 7.47. The molecule has 0 aromatic carbocycles. The molecule has 18 heavy (non-hydrogen) atoms. The Kier molecular flexibility index (Phi) is 4.99. The predicted molar refractivity (Wildman–Crippen MR) is 69.1 cm³/mol. The molecule has 0 heterocycles. The van der Waals surface area contributed by atoms with Gasteiger partial charge in [-0.3, -0.25) is 0 Å². The molecule has 0 amide bonds. The number of hydrogen-bond acceptors (Lipinski definition) is 1. The summed E-state index contributed by atoms with van der Waals surface area (Å²) in [6.07, 6.45) is 3.80. The average molecular weight is 260 g/mol. The molecule has 1 nitrogen and oxygen atoms in total. The smallest absolute Gasteiger partial charge is 0.136 e. The molecular weight excluding hydrogens is 234 g/mol. The highest BCUT2D eigenvalue weighted by Crippen LogP contribution is 2.34. The van der Waals surface area contributed by atoms with E-state index in [2.05, 4.69) is 6.92 Å². The van der Waals surface area contributed by atoms with Crippen LogP contribution in [-0.2, 0) is 4.74 Å². The minimum absolute atomic E-state index is 0.133. The first-order chi connectivity index (χ1) is 8.58. The number of hydrogen-bond donors (Lipinski definition) is 0. The molecule has 0 N–H and O–H groups in total. The van der Waals surface area contributed by atoms with E-state index < -0.39 is 12.3 Å². The van der Waals surface area contributed by atoms with Gasteiger partial charge in [0.1, 0.15) is 12.3 Å². The second-order valence-electron chi connectivity index (χ2n) is 6.42. The molecule has 2 rings (SSSR count). The van der Waals surface area contributed by atoms with Gasteiger partial charge in [0.2, 0.25) is 0 Å². The van der Waals surface area contributed by atoms with Crippen molar-refractivity contribution in [3.63, 3.8) is 0 Å². The van der Waals surface area contributed by atoms with Crippen molar-refractivity contribution in [2.24, 2.45) is 17.8 Å². The standard InChI is InChI=1S/C15H26F2O/c1-10-3-7-13(8-4-10)18-9-12-6-5-11(2)14(16)15(12)17/h10-15H,3-9H2,1-2H3. The van der Waals surface area contributed by atoms with Crippen LogP contribution in [0.5, 0.6) is 0 Å². The summed E-state index contributed by atoms with van der Waals surface area (Å²) in [6, 6.07) is 0.